The van der Waals surface area contributed by atoms with Gasteiger partial charge >= 0.3 is 0 Å². The van der Waals surface area contributed by atoms with E-state index in [-0.39, 0.29) is 11.9 Å². The second-order valence-electron chi connectivity index (χ2n) is 4.35. The molecule has 0 radical (unpaired) electrons. The Balaban J connectivity index is 2.25. The van der Waals surface area contributed by atoms with Crippen molar-refractivity contribution < 1.29 is 4.79 Å². The lowest BCUT2D eigenvalue weighted by Gasteiger charge is -2.26. The van der Waals surface area contributed by atoms with Crippen molar-refractivity contribution in [1.29, 1.82) is 0 Å². The molecular weight excluding hydrogens is 242 g/mol. The maximum atomic E-state index is 12.4. The van der Waals surface area contributed by atoms with E-state index in [1.165, 1.54) is 0 Å². The highest BCUT2D eigenvalue weighted by Gasteiger charge is 2.25. The maximum Gasteiger partial charge on any atom is 0.276 e. The second kappa shape index (κ2) is 5.60. The highest BCUT2D eigenvalue weighted by atomic mass is 16.2. The van der Waals surface area contributed by atoms with Crippen molar-refractivity contribution in [2.45, 2.75) is 26.3 Å². The van der Waals surface area contributed by atoms with E-state index in [1.807, 2.05) is 25.1 Å². The molecule has 0 saturated heterocycles. The number of nitrogens with zero attached hydrogens (tertiary/aromatic N) is 4. The van der Waals surface area contributed by atoms with E-state index < -0.39 is 0 Å². The van der Waals surface area contributed by atoms with Gasteiger partial charge in [-0.05, 0) is 25.5 Å². The van der Waals surface area contributed by atoms with E-state index in [9.17, 15) is 4.79 Å². The molecule has 0 aliphatic rings. The van der Waals surface area contributed by atoms with E-state index in [4.69, 9.17) is 0 Å². The van der Waals surface area contributed by atoms with E-state index in [0.717, 1.165) is 12.1 Å². The summed E-state index contributed by atoms with van der Waals surface area (Å²) in [5, 5.41) is 10.2. The Hall–Kier alpha value is -2.24. The van der Waals surface area contributed by atoms with Gasteiger partial charge in [-0.1, -0.05) is 13.0 Å². The fourth-order valence-corrected chi connectivity index (χ4v) is 2.05. The summed E-state index contributed by atoms with van der Waals surface area (Å²) in [6.07, 6.45) is 2.52. The Morgan fingerprint density at radius 1 is 1.42 bits per heavy atom. The summed E-state index contributed by atoms with van der Waals surface area (Å²) in [4.78, 5) is 18.4. The summed E-state index contributed by atoms with van der Waals surface area (Å²) in [7, 11) is 1.76. The predicted octanol–water partition coefficient (Wildman–Crippen LogP) is 1.73. The average Bonchev–Trinajstić information content (AvgIpc) is 2.86. The number of aromatic amines is 1. The first-order valence-corrected chi connectivity index (χ1v) is 6.20. The van der Waals surface area contributed by atoms with Crippen LogP contribution in [0.4, 0.5) is 0 Å². The van der Waals surface area contributed by atoms with Gasteiger partial charge in [0.05, 0.1) is 17.4 Å². The van der Waals surface area contributed by atoms with Crippen molar-refractivity contribution in [1.82, 2.24) is 25.3 Å². The first-order valence-electron chi connectivity index (χ1n) is 6.20. The fourth-order valence-electron chi connectivity index (χ4n) is 2.05. The third kappa shape index (κ3) is 2.62. The van der Waals surface area contributed by atoms with Crippen LogP contribution in [0.1, 0.15) is 41.3 Å². The number of amides is 1. The van der Waals surface area contributed by atoms with Crippen LogP contribution in [0.5, 0.6) is 0 Å². The van der Waals surface area contributed by atoms with Crippen LogP contribution in [0.2, 0.25) is 0 Å². The van der Waals surface area contributed by atoms with Gasteiger partial charge in [-0.2, -0.15) is 15.4 Å². The summed E-state index contributed by atoms with van der Waals surface area (Å²) in [6, 6.07) is 5.64. The Morgan fingerprint density at radius 3 is 2.74 bits per heavy atom. The Labute approximate surface area is 111 Å². The molecule has 1 amide bonds. The largest absolute Gasteiger partial charge is 0.332 e. The lowest BCUT2D eigenvalue weighted by atomic mass is 10.1. The zero-order chi connectivity index (χ0) is 13.8. The molecule has 0 aliphatic heterocycles. The first-order chi connectivity index (χ1) is 9.15. The minimum Gasteiger partial charge on any atom is -0.332 e. The van der Waals surface area contributed by atoms with E-state index in [2.05, 4.69) is 20.4 Å². The number of aryl methyl sites for hydroxylation is 1. The molecule has 0 aromatic carbocycles. The van der Waals surface area contributed by atoms with E-state index in [1.54, 1.807) is 25.1 Å². The number of hydrogen-bond donors (Lipinski definition) is 1. The molecule has 19 heavy (non-hydrogen) atoms. The molecule has 0 spiro atoms. The summed E-state index contributed by atoms with van der Waals surface area (Å²) in [6.45, 7) is 3.78. The van der Waals surface area contributed by atoms with Crippen LogP contribution in [0, 0.1) is 6.92 Å². The third-order valence-electron chi connectivity index (χ3n) is 3.13. The van der Waals surface area contributed by atoms with E-state index >= 15 is 0 Å². The molecule has 2 heterocycles. The molecule has 2 rings (SSSR count). The summed E-state index contributed by atoms with van der Waals surface area (Å²) >= 11 is 0. The van der Waals surface area contributed by atoms with Gasteiger partial charge in [-0.25, -0.2) is 0 Å². The molecule has 0 bridgehead atoms. The zero-order valence-electron chi connectivity index (χ0n) is 11.3. The van der Waals surface area contributed by atoms with Gasteiger partial charge in [0.15, 0.2) is 5.69 Å². The minimum absolute atomic E-state index is 0.0650. The van der Waals surface area contributed by atoms with Crippen LogP contribution in [-0.2, 0) is 0 Å². The Morgan fingerprint density at radius 2 is 2.21 bits per heavy atom. The van der Waals surface area contributed by atoms with Crippen LogP contribution >= 0.6 is 0 Å². The number of hydrogen-bond acceptors (Lipinski definition) is 4. The van der Waals surface area contributed by atoms with E-state index in [0.29, 0.717) is 11.4 Å². The number of pyridine rings is 1. The number of rotatable bonds is 4. The molecule has 6 nitrogen and oxygen atoms in total. The molecule has 0 fully saturated rings. The van der Waals surface area contributed by atoms with Crippen LogP contribution < -0.4 is 0 Å². The number of carbonyl (C=O) groups is 1. The lowest BCUT2D eigenvalue weighted by Crippen LogP contribution is -2.32. The molecule has 2 aromatic heterocycles. The quantitative estimate of drug-likeness (QED) is 0.907. The van der Waals surface area contributed by atoms with Gasteiger partial charge in [-0.3, -0.25) is 9.78 Å². The Bertz CT molecular complexity index is 551. The number of carbonyl (C=O) groups excluding carboxylic acids is 1. The van der Waals surface area contributed by atoms with Crippen molar-refractivity contribution in [3.8, 4) is 0 Å². The van der Waals surface area contributed by atoms with Crippen LogP contribution in [0.25, 0.3) is 0 Å². The van der Waals surface area contributed by atoms with Crippen LogP contribution in [0.15, 0.2) is 24.4 Å². The fraction of sp³-hybridized carbons (Fsp3) is 0.385. The molecule has 1 unspecified atom stereocenters. The molecule has 1 atom stereocenters. The Kier molecular flexibility index (Phi) is 3.89. The first kappa shape index (κ1) is 13.2. The summed E-state index contributed by atoms with van der Waals surface area (Å²) in [5.74, 6) is -0.149. The third-order valence-corrected chi connectivity index (χ3v) is 3.13. The topological polar surface area (TPSA) is 74.8 Å². The standard InChI is InChI=1S/C13H17N5O/c1-4-11(10-7-5-6-8-14-10)18(3)13(19)12-9(2)15-17-16-12/h5-8,11H,4H2,1-3H3,(H,15,16,17). The normalized spacial score (nSPS) is 12.2. The molecule has 1 N–H and O–H groups in total. The van der Waals surface area contributed by atoms with Crippen LogP contribution in [-0.4, -0.2) is 38.2 Å². The average molecular weight is 259 g/mol. The maximum absolute atomic E-state index is 12.4. The zero-order valence-corrected chi connectivity index (χ0v) is 11.3. The van der Waals surface area contributed by atoms with Gasteiger partial charge in [0.25, 0.3) is 5.91 Å². The highest BCUT2D eigenvalue weighted by molar-refractivity contribution is 5.93. The van der Waals surface area contributed by atoms with Gasteiger partial charge < -0.3 is 4.90 Å². The smallest absolute Gasteiger partial charge is 0.276 e. The molecular formula is C13H17N5O. The summed E-state index contributed by atoms with van der Waals surface area (Å²) in [5.41, 5.74) is 1.84. The number of H-pyrrole nitrogens is 1. The highest BCUT2D eigenvalue weighted by Crippen LogP contribution is 2.22. The van der Waals surface area contributed by atoms with Gasteiger partial charge in [0, 0.05) is 13.2 Å². The van der Waals surface area contributed by atoms with Crippen LogP contribution in [0.3, 0.4) is 0 Å². The SMILES string of the molecule is CCC(c1ccccn1)N(C)C(=O)c1n[nH]nc1C. The van der Waals surface area contributed by atoms with Crippen molar-refractivity contribution >= 4 is 5.91 Å². The van der Waals surface area contributed by atoms with Gasteiger partial charge in [0.1, 0.15) is 0 Å². The number of aromatic nitrogens is 4. The van der Waals surface area contributed by atoms with Crippen molar-refractivity contribution in [3.63, 3.8) is 0 Å². The minimum atomic E-state index is -0.149. The van der Waals surface area contributed by atoms with Gasteiger partial charge in [-0.15, -0.1) is 0 Å². The van der Waals surface area contributed by atoms with Crippen molar-refractivity contribution in [3.05, 3.63) is 41.5 Å². The monoisotopic (exact) mass is 259 g/mol. The number of nitrogens with one attached hydrogen (secondary N) is 1. The molecule has 0 aliphatic carbocycles. The second-order valence-corrected chi connectivity index (χ2v) is 4.35. The molecule has 6 heteroatoms. The molecule has 0 saturated carbocycles. The molecule has 2 aromatic rings. The van der Waals surface area contributed by atoms with Gasteiger partial charge in [0.2, 0.25) is 0 Å². The van der Waals surface area contributed by atoms with Crippen molar-refractivity contribution in [2.24, 2.45) is 0 Å². The summed E-state index contributed by atoms with van der Waals surface area (Å²) < 4.78 is 0. The molecule has 100 valence electrons. The lowest BCUT2D eigenvalue weighted by molar-refractivity contribution is 0.0716. The van der Waals surface area contributed by atoms with Crippen molar-refractivity contribution in [2.75, 3.05) is 7.05 Å². The predicted molar refractivity (Wildman–Crippen MR) is 70.5 cm³/mol.